The summed E-state index contributed by atoms with van der Waals surface area (Å²) in [7, 11) is 0. The third kappa shape index (κ3) is 8.28. The van der Waals surface area contributed by atoms with Crippen LogP contribution in [0.5, 0.6) is 5.75 Å². The van der Waals surface area contributed by atoms with Crippen molar-refractivity contribution >= 4 is 29.5 Å². The number of aliphatic carboxylic acids is 1. The van der Waals surface area contributed by atoms with Crippen molar-refractivity contribution in [3.05, 3.63) is 66.2 Å². The van der Waals surface area contributed by atoms with E-state index in [0.29, 0.717) is 29.8 Å². The van der Waals surface area contributed by atoms with Crippen molar-refractivity contribution < 1.29 is 29.3 Å². The second-order valence-corrected chi connectivity index (χ2v) is 7.96. The van der Waals surface area contributed by atoms with Gasteiger partial charge in [-0.05, 0) is 55.3 Å². The number of hydrogen-bond donors (Lipinski definition) is 3. The summed E-state index contributed by atoms with van der Waals surface area (Å²) in [6, 6.07) is 14.6. The molecule has 2 atom stereocenters. The third-order valence-electron chi connectivity index (χ3n) is 4.71. The number of amides is 1. The standard InChI is InChI=1S/C24H29NO6S/c1-17(7-3-6-10-22(27)28)23(20-8-4-5-9-21(20)30-16-15-26)31-24(29)25-18-11-13-19(32-2)14-12-18/h4-6,8-14,17,23,26H,3,7,15-16H2,1-2H3,(H,25,29)(H,27,28)/b10-6+/t17-,23+/m0/s1. The molecule has 172 valence electrons. The van der Waals surface area contributed by atoms with Gasteiger partial charge < -0.3 is 19.7 Å². The summed E-state index contributed by atoms with van der Waals surface area (Å²) in [5.41, 5.74) is 1.30. The van der Waals surface area contributed by atoms with Crippen LogP contribution in [0.2, 0.25) is 0 Å². The Morgan fingerprint density at radius 1 is 1.16 bits per heavy atom. The number of carbonyl (C=O) groups excluding carboxylic acids is 1. The molecule has 0 spiro atoms. The van der Waals surface area contributed by atoms with Crippen LogP contribution in [0, 0.1) is 5.92 Å². The van der Waals surface area contributed by atoms with Crippen LogP contribution >= 0.6 is 11.8 Å². The summed E-state index contributed by atoms with van der Waals surface area (Å²) < 4.78 is 11.5. The van der Waals surface area contributed by atoms with Crippen LogP contribution in [-0.2, 0) is 9.53 Å². The van der Waals surface area contributed by atoms with Crippen molar-refractivity contribution in [2.45, 2.75) is 30.8 Å². The largest absolute Gasteiger partial charge is 0.491 e. The minimum atomic E-state index is -1.000. The molecule has 0 saturated carbocycles. The number of benzene rings is 2. The molecule has 2 aromatic carbocycles. The summed E-state index contributed by atoms with van der Waals surface area (Å²) >= 11 is 1.61. The number of allylic oxidation sites excluding steroid dienone is 1. The van der Waals surface area contributed by atoms with Gasteiger partial charge in [-0.1, -0.05) is 31.2 Å². The highest BCUT2D eigenvalue weighted by atomic mass is 32.2. The lowest BCUT2D eigenvalue weighted by molar-refractivity contribution is -0.131. The smallest absolute Gasteiger partial charge is 0.412 e. The van der Waals surface area contributed by atoms with Gasteiger partial charge in [-0.2, -0.15) is 0 Å². The zero-order chi connectivity index (χ0) is 23.3. The molecule has 0 heterocycles. The minimum Gasteiger partial charge on any atom is -0.491 e. The normalized spacial score (nSPS) is 12.8. The van der Waals surface area contributed by atoms with E-state index in [1.165, 1.54) is 0 Å². The lowest BCUT2D eigenvalue weighted by Crippen LogP contribution is -2.22. The van der Waals surface area contributed by atoms with E-state index in [0.717, 1.165) is 11.0 Å². The van der Waals surface area contributed by atoms with E-state index in [1.54, 1.807) is 42.1 Å². The van der Waals surface area contributed by atoms with Crippen molar-refractivity contribution in [1.82, 2.24) is 0 Å². The molecule has 3 N–H and O–H groups in total. The zero-order valence-electron chi connectivity index (χ0n) is 18.2. The van der Waals surface area contributed by atoms with Gasteiger partial charge in [0.1, 0.15) is 18.5 Å². The van der Waals surface area contributed by atoms with E-state index in [9.17, 15) is 9.59 Å². The summed E-state index contributed by atoms with van der Waals surface area (Å²) in [6.45, 7) is 1.91. The molecule has 0 unspecified atom stereocenters. The molecule has 2 rings (SSSR count). The topological polar surface area (TPSA) is 105 Å². The summed E-state index contributed by atoms with van der Waals surface area (Å²) in [4.78, 5) is 24.5. The molecule has 0 aliphatic carbocycles. The average Bonchev–Trinajstić information content (AvgIpc) is 2.79. The van der Waals surface area contributed by atoms with Crippen LogP contribution in [-0.4, -0.2) is 41.7 Å². The monoisotopic (exact) mass is 459 g/mol. The van der Waals surface area contributed by atoms with E-state index in [2.05, 4.69) is 5.32 Å². The summed E-state index contributed by atoms with van der Waals surface area (Å²) in [5.74, 6) is -0.603. The van der Waals surface area contributed by atoms with Crippen LogP contribution < -0.4 is 10.1 Å². The number of ether oxygens (including phenoxy) is 2. The Morgan fingerprint density at radius 3 is 2.53 bits per heavy atom. The number of anilines is 1. The maximum Gasteiger partial charge on any atom is 0.412 e. The van der Waals surface area contributed by atoms with Gasteiger partial charge in [0.05, 0.1) is 6.61 Å². The van der Waals surface area contributed by atoms with E-state index >= 15 is 0 Å². The number of carboxylic acid groups (broad SMARTS) is 1. The molecule has 0 bridgehead atoms. The molecule has 7 nitrogen and oxygen atoms in total. The van der Waals surface area contributed by atoms with Crippen molar-refractivity contribution in [2.75, 3.05) is 24.8 Å². The van der Waals surface area contributed by atoms with Crippen molar-refractivity contribution in [3.8, 4) is 5.75 Å². The van der Waals surface area contributed by atoms with Crippen molar-refractivity contribution in [3.63, 3.8) is 0 Å². The van der Waals surface area contributed by atoms with E-state index < -0.39 is 18.2 Å². The second kappa shape index (κ2) is 13.4. The Labute approximate surface area is 192 Å². The first-order valence-electron chi connectivity index (χ1n) is 10.3. The molecule has 8 heteroatoms. The number of hydrogen-bond acceptors (Lipinski definition) is 6. The van der Waals surface area contributed by atoms with Crippen LogP contribution in [0.25, 0.3) is 0 Å². The highest BCUT2D eigenvalue weighted by Gasteiger charge is 2.26. The molecule has 0 fully saturated rings. The Morgan fingerprint density at radius 2 is 1.88 bits per heavy atom. The quantitative estimate of drug-likeness (QED) is 0.299. The predicted octanol–water partition coefficient (Wildman–Crippen LogP) is 5.13. The fourth-order valence-corrected chi connectivity index (χ4v) is 3.53. The maximum absolute atomic E-state index is 12.7. The number of aliphatic hydroxyl groups is 1. The first-order valence-corrected chi connectivity index (χ1v) is 11.5. The van der Waals surface area contributed by atoms with Gasteiger partial charge in [0.2, 0.25) is 0 Å². The van der Waals surface area contributed by atoms with Gasteiger partial charge >= 0.3 is 12.1 Å². The zero-order valence-corrected chi connectivity index (χ0v) is 19.0. The molecule has 0 saturated heterocycles. The number of aliphatic hydroxyl groups excluding tert-OH is 1. The fraction of sp³-hybridized carbons (Fsp3) is 0.333. The highest BCUT2D eigenvalue weighted by Crippen LogP contribution is 2.35. The molecule has 0 aliphatic heterocycles. The second-order valence-electron chi connectivity index (χ2n) is 7.08. The minimum absolute atomic E-state index is 0.119. The predicted molar refractivity (Wildman–Crippen MR) is 125 cm³/mol. The first-order chi connectivity index (χ1) is 15.4. The van der Waals surface area contributed by atoms with Crippen LogP contribution in [0.1, 0.15) is 31.4 Å². The van der Waals surface area contributed by atoms with Gasteiger partial charge in [0.25, 0.3) is 0 Å². The Balaban J connectivity index is 2.19. The number of rotatable bonds is 12. The lowest BCUT2D eigenvalue weighted by Gasteiger charge is -2.26. The molecule has 2 aromatic rings. The Bertz CT molecular complexity index is 900. The Kier molecular flexibility index (Phi) is 10.6. The maximum atomic E-state index is 12.7. The Hall–Kier alpha value is -2.97. The van der Waals surface area contributed by atoms with E-state index in [1.807, 2.05) is 37.4 Å². The van der Waals surface area contributed by atoms with Crippen LogP contribution in [0.4, 0.5) is 10.5 Å². The molecular formula is C24H29NO6S. The van der Waals surface area contributed by atoms with Crippen LogP contribution in [0.15, 0.2) is 65.6 Å². The van der Waals surface area contributed by atoms with Gasteiger partial charge in [-0.15, -0.1) is 11.8 Å². The lowest BCUT2D eigenvalue weighted by atomic mass is 9.92. The number of nitrogens with one attached hydrogen (secondary N) is 1. The van der Waals surface area contributed by atoms with Gasteiger partial charge in [-0.25, -0.2) is 9.59 Å². The summed E-state index contributed by atoms with van der Waals surface area (Å²) in [5, 5.41) is 20.6. The van der Waals surface area contributed by atoms with Crippen molar-refractivity contribution in [1.29, 1.82) is 0 Å². The molecule has 32 heavy (non-hydrogen) atoms. The van der Waals surface area contributed by atoms with Crippen molar-refractivity contribution in [2.24, 2.45) is 5.92 Å². The van der Waals surface area contributed by atoms with E-state index in [-0.39, 0.29) is 19.1 Å². The van der Waals surface area contributed by atoms with Gasteiger partial charge in [-0.3, -0.25) is 5.32 Å². The number of carboxylic acids is 1. The fourth-order valence-electron chi connectivity index (χ4n) is 3.12. The molecule has 0 aliphatic rings. The first kappa shape index (κ1) is 25.3. The highest BCUT2D eigenvalue weighted by molar-refractivity contribution is 7.98. The van der Waals surface area contributed by atoms with Gasteiger partial charge in [0, 0.05) is 22.2 Å². The number of thioether (sulfide) groups is 1. The molecule has 0 aromatic heterocycles. The molecule has 1 amide bonds. The summed E-state index contributed by atoms with van der Waals surface area (Å²) in [6.07, 6.45) is 4.54. The number of carbonyl (C=O) groups is 2. The third-order valence-corrected chi connectivity index (χ3v) is 5.45. The average molecular weight is 460 g/mol. The molecular weight excluding hydrogens is 430 g/mol. The molecule has 0 radical (unpaired) electrons. The SMILES string of the molecule is CSc1ccc(NC(=O)O[C@@H](c2ccccc2OCCO)[C@@H](C)CC/C=C/C(=O)O)cc1. The van der Waals surface area contributed by atoms with E-state index in [4.69, 9.17) is 19.7 Å². The van der Waals surface area contributed by atoms with Gasteiger partial charge in [0.15, 0.2) is 0 Å². The van der Waals surface area contributed by atoms with Crippen LogP contribution in [0.3, 0.4) is 0 Å². The number of para-hydroxylation sites is 1.